The molecule has 0 amide bonds. The van der Waals surface area contributed by atoms with E-state index in [1.54, 1.807) is 13.3 Å². The third kappa shape index (κ3) is 4.65. The van der Waals surface area contributed by atoms with Gasteiger partial charge in [0.25, 0.3) is 0 Å². The van der Waals surface area contributed by atoms with Crippen LogP contribution in [0.25, 0.3) is 33.4 Å². The van der Waals surface area contributed by atoms with Gasteiger partial charge in [-0.05, 0) is 35.2 Å². The number of nitrogens with zero attached hydrogens (tertiary/aromatic N) is 3. The van der Waals surface area contributed by atoms with Crippen LogP contribution in [-0.2, 0) is 19.5 Å². The maximum atomic E-state index is 10.9. The second-order valence-electron chi connectivity index (χ2n) is 9.80. The monoisotopic (exact) mass is 601 g/mol. The molecule has 0 saturated carbocycles. The Labute approximate surface area is 242 Å². The van der Waals surface area contributed by atoms with Crippen LogP contribution in [-0.4, -0.2) is 41.3 Å². The van der Waals surface area contributed by atoms with Crippen molar-refractivity contribution < 1.29 is 45.6 Å². The minimum Gasteiger partial charge on any atom is -1.00 e. The van der Waals surface area contributed by atoms with Gasteiger partial charge in [-0.25, -0.2) is 4.98 Å². The smallest absolute Gasteiger partial charge is 0.231 e. The van der Waals surface area contributed by atoms with Crippen LogP contribution in [0.5, 0.6) is 23.0 Å². The molecule has 0 aliphatic carbocycles. The number of aliphatic hydroxyl groups excluding tert-OH is 1. The van der Waals surface area contributed by atoms with Crippen molar-refractivity contribution in [1.82, 2.24) is 9.55 Å². The second-order valence-corrected chi connectivity index (χ2v) is 9.80. The Balaban J connectivity index is 0.00000289. The van der Waals surface area contributed by atoms with Gasteiger partial charge in [0, 0.05) is 30.4 Å². The Kier molecular flexibility index (Phi) is 7.08. The van der Waals surface area contributed by atoms with E-state index in [1.807, 2.05) is 53.2 Å². The lowest BCUT2D eigenvalue weighted by Gasteiger charge is -2.19. The minimum absolute atomic E-state index is 0. The summed E-state index contributed by atoms with van der Waals surface area (Å²) < 4.78 is 27.3. The van der Waals surface area contributed by atoms with Crippen molar-refractivity contribution in [2.75, 3.05) is 20.5 Å². The summed E-state index contributed by atoms with van der Waals surface area (Å²) in [4.78, 5) is 4.48. The molecule has 4 heterocycles. The fourth-order valence-corrected chi connectivity index (χ4v) is 5.47. The molecule has 0 bridgehead atoms. The Bertz CT molecular complexity index is 1690. The van der Waals surface area contributed by atoms with Crippen LogP contribution < -0.4 is 40.5 Å². The SMILES string of the molecule is COc1ccc2cc3[n+](cc2c1OCC(O)Cn1ccnc1-c1ccccc1)CCc1cc2c(cc1-3)OCO2.[Br-]. The van der Waals surface area contributed by atoms with Gasteiger partial charge in [0.1, 0.15) is 18.5 Å². The number of imidazole rings is 1. The van der Waals surface area contributed by atoms with Crippen molar-refractivity contribution in [3.8, 4) is 45.6 Å². The summed E-state index contributed by atoms with van der Waals surface area (Å²) in [5.74, 6) is 3.65. The number of fused-ring (bicyclic) bond motifs is 5. The molecule has 2 aromatic heterocycles. The number of rotatable bonds is 7. The van der Waals surface area contributed by atoms with Gasteiger partial charge in [-0.1, -0.05) is 30.3 Å². The topological polar surface area (TPSA) is 78.9 Å². The molecule has 0 spiro atoms. The van der Waals surface area contributed by atoms with Gasteiger partial charge in [-0.15, -0.1) is 0 Å². The Hall–Kier alpha value is -4.08. The maximum absolute atomic E-state index is 10.9. The number of hydrogen-bond donors (Lipinski definition) is 1. The average molecular weight is 602 g/mol. The van der Waals surface area contributed by atoms with Crippen molar-refractivity contribution in [1.29, 1.82) is 0 Å². The Morgan fingerprint density at radius 1 is 1.07 bits per heavy atom. The average Bonchev–Trinajstić information content (AvgIpc) is 3.63. The van der Waals surface area contributed by atoms with Crippen molar-refractivity contribution in [2.45, 2.75) is 25.6 Å². The Morgan fingerprint density at radius 3 is 2.73 bits per heavy atom. The lowest BCUT2D eigenvalue weighted by Crippen LogP contribution is -3.00. The summed E-state index contributed by atoms with van der Waals surface area (Å²) in [7, 11) is 1.63. The highest BCUT2D eigenvalue weighted by Crippen LogP contribution is 2.41. The number of hydrogen-bond acceptors (Lipinski definition) is 6. The van der Waals surface area contributed by atoms with Gasteiger partial charge >= 0.3 is 0 Å². The second kappa shape index (κ2) is 10.8. The zero-order chi connectivity index (χ0) is 26.3. The maximum Gasteiger partial charge on any atom is 0.231 e. The first-order chi connectivity index (χ1) is 19.2. The number of ether oxygens (including phenoxy) is 4. The summed E-state index contributed by atoms with van der Waals surface area (Å²) in [5.41, 5.74) is 4.52. The molecule has 0 fully saturated rings. The van der Waals surface area contributed by atoms with Gasteiger partial charge in [-0.3, -0.25) is 0 Å². The molecule has 1 unspecified atom stereocenters. The summed E-state index contributed by atoms with van der Waals surface area (Å²) in [5, 5.41) is 12.9. The normalized spacial score (nSPS) is 13.8. The number of aryl methyl sites for hydroxylation is 2. The van der Waals surface area contributed by atoms with Crippen LogP contribution in [0.2, 0.25) is 0 Å². The number of pyridine rings is 1. The van der Waals surface area contributed by atoms with Gasteiger partial charge in [0.15, 0.2) is 35.7 Å². The first kappa shape index (κ1) is 26.2. The van der Waals surface area contributed by atoms with Crippen LogP contribution in [0.15, 0.2) is 79.3 Å². The van der Waals surface area contributed by atoms with Gasteiger partial charge in [0.05, 0.1) is 24.6 Å². The predicted molar refractivity (Wildman–Crippen MR) is 145 cm³/mol. The molecule has 2 aliphatic heterocycles. The van der Waals surface area contributed by atoms with E-state index in [-0.39, 0.29) is 30.4 Å². The number of halogens is 1. The van der Waals surface area contributed by atoms with E-state index in [0.29, 0.717) is 18.0 Å². The molecular weight excluding hydrogens is 574 g/mol. The molecule has 9 heteroatoms. The van der Waals surface area contributed by atoms with Gasteiger partial charge < -0.3 is 45.6 Å². The summed E-state index contributed by atoms with van der Waals surface area (Å²) in [6.45, 7) is 1.56. The van der Waals surface area contributed by atoms with Crippen molar-refractivity contribution in [3.63, 3.8) is 0 Å². The molecule has 40 heavy (non-hydrogen) atoms. The van der Waals surface area contributed by atoms with Crippen LogP contribution >= 0.6 is 0 Å². The zero-order valence-corrected chi connectivity index (χ0v) is 23.5. The van der Waals surface area contributed by atoms with E-state index in [1.165, 1.54) is 5.56 Å². The standard InChI is InChI=1S/C31H28N3O5.BrH/c1-36-27-8-7-21-13-26-24-15-29-28(38-19-39-29)14-22(24)9-11-33(26)17-25(21)30(27)37-18-23(35)16-34-12-10-32-31(34)20-5-3-2-4-6-20;/h2-8,10,12-15,17,23,35H,9,11,16,18-19H2,1H3;1H/q+1;/p-1. The van der Waals surface area contributed by atoms with Crippen LogP contribution in [0, 0.1) is 0 Å². The van der Waals surface area contributed by atoms with Crippen molar-refractivity contribution in [3.05, 3.63) is 84.8 Å². The molecule has 7 rings (SSSR count). The first-order valence-corrected chi connectivity index (χ1v) is 13.0. The predicted octanol–water partition coefficient (Wildman–Crippen LogP) is 1.40. The summed E-state index contributed by atoms with van der Waals surface area (Å²) in [6.07, 6.45) is 5.88. The molecule has 204 valence electrons. The van der Waals surface area contributed by atoms with E-state index in [4.69, 9.17) is 18.9 Å². The van der Waals surface area contributed by atoms with E-state index in [0.717, 1.165) is 57.9 Å². The molecule has 1 atom stereocenters. The number of aromatic nitrogens is 3. The van der Waals surface area contributed by atoms with Crippen LogP contribution in [0.3, 0.4) is 0 Å². The first-order valence-electron chi connectivity index (χ1n) is 13.0. The highest BCUT2D eigenvalue weighted by Gasteiger charge is 2.29. The highest BCUT2D eigenvalue weighted by atomic mass is 79.9. The molecule has 1 N–H and O–H groups in total. The fraction of sp³-hybridized carbons (Fsp3) is 0.226. The molecular formula is C31H28BrN3O5. The fourth-order valence-electron chi connectivity index (χ4n) is 5.47. The van der Waals surface area contributed by atoms with E-state index in [9.17, 15) is 5.11 Å². The van der Waals surface area contributed by atoms with E-state index < -0.39 is 6.10 Å². The lowest BCUT2D eigenvalue weighted by atomic mass is 9.95. The van der Waals surface area contributed by atoms with Crippen molar-refractivity contribution >= 4 is 10.8 Å². The number of benzene rings is 3. The summed E-state index contributed by atoms with van der Waals surface area (Å²) in [6, 6.07) is 20.2. The summed E-state index contributed by atoms with van der Waals surface area (Å²) >= 11 is 0. The van der Waals surface area contributed by atoms with Gasteiger partial charge in [-0.2, -0.15) is 4.57 Å². The Morgan fingerprint density at radius 2 is 1.90 bits per heavy atom. The van der Waals surface area contributed by atoms with Crippen LogP contribution in [0.4, 0.5) is 0 Å². The molecule has 2 aliphatic rings. The number of aliphatic hydroxyl groups is 1. The molecule has 8 nitrogen and oxygen atoms in total. The third-order valence-electron chi connectivity index (χ3n) is 7.37. The molecule has 0 radical (unpaired) electrons. The van der Waals surface area contributed by atoms with Gasteiger partial charge in [0.2, 0.25) is 12.5 Å². The van der Waals surface area contributed by atoms with Crippen LogP contribution in [0.1, 0.15) is 5.56 Å². The lowest BCUT2D eigenvalue weighted by molar-refractivity contribution is -0.686. The van der Waals surface area contributed by atoms with Crippen molar-refractivity contribution in [2.24, 2.45) is 0 Å². The molecule has 5 aromatic rings. The largest absolute Gasteiger partial charge is 1.00 e. The minimum atomic E-state index is -0.747. The van der Waals surface area contributed by atoms with E-state index >= 15 is 0 Å². The number of methoxy groups -OCH3 is 1. The third-order valence-corrected chi connectivity index (χ3v) is 7.37. The highest BCUT2D eigenvalue weighted by molar-refractivity contribution is 5.91. The zero-order valence-electron chi connectivity index (χ0n) is 21.9. The quantitative estimate of drug-likeness (QED) is 0.284. The molecule has 0 saturated heterocycles. The molecule has 3 aromatic carbocycles. The van der Waals surface area contributed by atoms with E-state index in [2.05, 4.69) is 33.9 Å².